The van der Waals surface area contributed by atoms with Crippen LogP contribution in [0.15, 0.2) is 48.5 Å². The third-order valence-electron chi connectivity index (χ3n) is 3.62. The maximum atomic E-state index is 12.2. The summed E-state index contributed by atoms with van der Waals surface area (Å²) >= 11 is 6.26. The molecular formula is C18H16ClNO2. The summed E-state index contributed by atoms with van der Waals surface area (Å²) in [5.74, 6) is -0.333. The van der Waals surface area contributed by atoms with E-state index in [0.717, 1.165) is 22.0 Å². The number of rotatable bonds is 4. The Morgan fingerprint density at radius 1 is 1.14 bits per heavy atom. The quantitative estimate of drug-likeness (QED) is 0.716. The Hall–Kier alpha value is -2.26. The molecule has 1 aromatic heterocycles. The van der Waals surface area contributed by atoms with Gasteiger partial charge in [0.15, 0.2) is 0 Å². The van der Waals surface area contributed by atoms with Crippen LogP contribution in [-0.2, 0) is 11.2 Å². The number of esters is 1. The number of nitrogens with one attached hydrogen (secondary N) is 1. The molecule has 0 aliphatic rings. The molecule has 0 aliphatic heterocycles. The average Bonchev–Trinajstić information content (AvgIpc) is 2.89. The Morgan fingerprint density at radius 2 is 1.86 bits per heavy atom. The number of para-hydroxylation sites is 1. The fraction of sp³-hybridized carbons (Fsp3) is 0.167. The first-order valence-corrected chi connectivity index (χ1v) is 7.58. The highest BCUT2D eigenvalue weighted by atomic mass is 35.5. The molecule has 3 aromatic rings. The number of hydrogen-bond acceptors (Lipinski definition) is 2. The topological polar surface area (TPSA) is 42.1 Å². The molecule has 1 heterocycles. The molecule has 1 N–H and O–H groups in total. The molecular weight excluding hydrogens is 298 g/mol. The molecule has 0 saturated heterocycles. The highest BCUT2D eigenvalue weighted by Crippen LogP contribution is 2.28. The SMILES string of the molecule is CCOC(=O)c1[nH]c2ccccc2c1Cc1ccccc1Cl. The second-order valence-corrected chi connectivity index (χ2v) is 5.42. The maximum absolute atomic E-state index is 12.2. The smallest absolute Gasteiger partial charge is 0.355 e. The Morgan fingerprint density at radius 3 is 2.64 bits per heavy atom. The van der Waals surface area contributed by atoms with Crippen molar-refractivity contribution < 1.29 is 9.53 Å². The zero-order valence-electron chi connectivity index (χ0n) is 12.2. The summed E-state index contributed by atoms with van der Waals surface area (Å²) < 4.78 is 5.16. The van der Waals surface area contributed by atoms with Gasteiger partial charge in [-0.05, 0) is 30.2 Å². The maximum Gasteiger partial charge on any atom is 0.355 e. The van der Waals surface area contributed by atoms with E-state index in [-0.39, 0.29) is 5.97 Å². The number of ether oxygens (including phenoxy) is 1. The number of carbonyl (C=O) groups excluding carboxylic acids is 1. The van der Waals surface area contributed by atoms with E-state index < -0.39 is 0 Å². The van der Waals surface area contributed by atoms with Gasteiger partial charge in [0.2, 0.25) is 0 Å². The van der Waals surface area contributed by atoms with Gasteiger partial charge in [-0.15, -0.1) is 0 Å². The minimum atomic E-state index is -0.333. The van der Waals surface area contributed by atoms with Gasteiger partial charge in [-0.2, -0.15) is 0 Å². The van der Waals surface area contributed by atoms with E-state index in [2.05, 4.69) is 4.98 Å². The van der Waals surface area contributed by atoms with Crippen LogP contribution in [0.25, 0.3) is 10.9 Å². The van der Waals surface area contributed by atoms with Gasteiger partial charge >= 0.3 is 5.97 Å². The molecule has 0 saturated carbocycles. The van der Waals surface area contributed by atoms with E-state index in [1.807, 2.05) is 48.5 Å². The van der Waals surface area contributed by atoms with E-state index >= 15 is 0 Å². The molecule has 3 nitrogen and oxygen atoms in total. The number of aromatic nitrogens is 1. The number of H-pyrrole nitrogens is 1. The summed E-state index contributed by atoms with van der Waals surface area (Å²) in [6.07, 6.45) is 0.581. The van der Waals surface area contributed by atoms with Crippen molar-refractivity contribution in [1.82, 2.24) is 4.98 Å². The first-order chi connectivity index (χ1) is 10.7. The number of halogens is 1. The molecule has 2 aromatic carbocycles. The van der Waals surface area contributed by atoms with E-state index in [1.165, 1.54) is 0 Å². The van der Waals surface area contributed by atoms with Crippen LogP contribution in [0, 0.1) is 0 Å². The minimum absolute atomic E-state index is 0.333. The Labute approximate surface area is 133 Å². The highest BCUT2D eigenvalue weighted by molar-refractivity contribution is 6.31. The number of benzene rings is 2. The molecule has 0 bridgehead atoms. The van der Waals surface area contributed by atoms with Crippen molar-refractivity contribution in [1.29, 1.82) is 0 Å². The molecule has 0 unspecified atom stereocenters. The predicted molar refractivity (Wildman–Crippen MR) is 88.5 cm³/mol. The Bertz CT molecular complexity index is 823. The van der Waals surface area contributed by atoms with E-state index in [4.69, 9.17) is 16.3 Å². The minimum Gasteiger partial charge on any atom is -0.461 e. The van der Waals surface area contributed by atoms with Gasteiger partial charge in [-0.3, -0.25) is 0 Å². The van der Waals surface area contributed by atoms with Gasteiger partial charge < -0.3 is 9.72 Å². The fourth-order valence-corrected chi connectivity index (χ4v) is 2.80. The fourth-order valence-electron chi connectivity index (χ4n) is 2.59. The van der Waals surface area contributed by atoms with Gasteiger partial charge in [0.1, 0.15) is 5.69 Å². The summed E-state index contributed by atoms with van der Waals surface area (Å²) in [7, 11) is 0. The van der Waals surface area contributed by atoms with Gasteiger partial charge in [0, 0.05) is 22.3 Å². The number of carbonyl (C=O) groups is 1. The summed E-state index contributed by atoms with van der Waals surface area (Å²) in [4.78, 5) is 15.4. The number of hydrogen-bond donors (Lipinski definition) is 1. The lowest BCUT2D eigenvalue weighted by Crippen LogP contribution is -2.08. The summed E-state index contributed by atoms with van der Waals surface area (Å²) in [5.41, 5.74) is 3.33. The van der Waals surface area contributed by atoms with Crippen molar-refractivity contribution in [2.75, 3.05) is 6.61 Å². The third kappa shape index (κ3) is 2.72. The third-order valence-corrected chi connectivity index (χ3v) is 3.99. The van der Waals surface area contributed by atoms with Crippen LogP contribution in [-0.4, -0.2) is 17.6 Å². The van der Waals surface area contributed by atoms with Crippen molar-refractivity contribution in [2.24, 2.45) is 0 Å². The number of fused-ring (bicyclic) bond motifs is 1. The Balaban J connectivity index is 2.11. The van der Waals surface area contributed by atoms with Crippen molar-refractivity contribution in [3.63, 3.8) is 0 Å². The van der Waals surface area contributed by atoms with Gasteiger partial charge in [0.25, 0.3) is 0 Å². The average molecular weight is 314 g/mol. The van der Waals surface area contributed by atoms with Crippen LogP contribution < -0.4 is 0 Å². The zero-order valence-corrected chi connectivity index (χ0v) is 13.0. The molecule has 0 aliphatic carbocycles. The molecule has 0 amide bonds. The first kappa shape index (κ1) is 14.7. The lowest BCUT2D eigenvalue weighted by molar-refractivity contribution is 0.0519. The van der Waals surface area contributed by atoms with Crippen molar-refractivity contribution in [3.05, 3.63) is 70.4 Å². The molecule has 0 fully saturated rings. The summed E-state index contributed by atoms with van der Waals surface area (Å²) in [6.45, 7) is 2.15. The van der Waals surface area contributed by atoms with E-state index in [9.17, 15) is 4.79 Å². The molecule has 4 heteroatoms. The molecule has 112 valence electrons. The standard InChI is InChI=1S/C18H16ClNO2/c1-2-22-18(21)17-14(11-12-7-3-5-9-15(12)19)13-8-4-6-10-16(13)20-17/h3-10,20H,2,11H2,1H3. The Kier molecular flexibility index (Phi) is 4.16. The first-order valence-electron chi connectivity index (χ1n) is 7.20. The number of aromatic amines is 1. The second-order valence-electron chi connectivity index (χ2n) is 5.01. The van der Waals surface area contributed by atoms with Crippen LogP contribution in [0.1, 0.15) is 28.5 Å². The summed E-state index contributed by atoms with van der Waals surface area (Å²) in [6, 6.07) is 15.5. The molecule has 0 radical (unpaired) electrons. The lowest BCUT2D eigenvalue weighted by atomic mass is 10.0. The normalized spacial score (nSPS) is 10.8. The van der Waals surface area contributed by atoms with Gasteiger partial charge in [-0.25, -0.2) is 4.79 Å². The van der Waals surface area contributed by atoms with Crippen LogP contribution in [0.4, 0.5) is 0 Å². The molecule has 3 rings (SSSR count). The monoisotopic (exact) mass is 313 g/mol. The zero-order chi connectivity index (χ0) is 15.5. The molecule has 0 spiro atoms. The van der Waals surface area contributed by atoms with Crippen molar-refractivity contribution >= 4 is 28.5 Å². The predicted octanol–water partition coefficient (Wildman–Crippen LogP) is 4.59. The van der Waals surface area contributed by atoms with Crippen molar-refractivity contribution in [3.8, 4) is 0 Å². The van der Waals surface area contributed by atoms with E-state index in [1.54, 1.807) is 6.92 Å². The highest BCUT2D eigenvalue weighted by Gasteiger charge is 2.19. The van der Waals surface area contributed by atoms with Crippen LogP contribution in [0.3, 0.4) is 0 Å². The summed E-state index contributed by atoms with van der Waals surface area (Å²) in [5, 5.41) is 1.72. The van der Waals surface area contributed by atoms with Crippen LogP contribution in [0.2, 0.25) is 5.02 Å². The van der Waals surface area contributed by atoms with Gasteiger partial charge in [-0.1, -0.05) is 48.0 Å². The van der Waals surface area contributed by atoms with Crippen LogP contribution in [0.5, 0.6) is 0 Å². The molecule has 0 atom stereocenters. The van der Waals surface area contributed by atoms with Crippen LogP contribution >= 0.6 is 11.6 Å². The van der Waals surface area contributed by atoms with E-state index in [0.29, 0.717) is 23.7 Å². The second kappa shape index (κ2) is 6.24. The molecule has 22 heavy (non-hydrogen) atoms. The lowest BCUT2D eigenvalue weighted by Gasteiger charge is -2.06. The van der Waals surface area contributed by atoms with Gasteiger partial charge in [0.05, 0.1) is 6.61 Å². The largest absolute Gasteiger partial charge is 0.461 e. The van der Waals surface area contributed by atoms with Crippen molar-refractivity contribution in [2.45, 2.75) is 13.3 Å².